The Hall–Kier alpha value is -2.61. The van der Waals surface area contributed by atoms with Crippen LogP contribution in [0.2, 0.25) is 0 Å². The molecule has 1 aromatic rings. The number of fused-ring (bicyclic) bond motifs is 1. The van der Waals surface area contributed by atoms with E-state index in [4.69, 9.17) is 4.74 Å². The molecule has 3 N–H and O–H groups in total. The van der Waals surface area contributed by atoms with Crippen LogP contribution >= 0.6 is 0 Å². The molecule has 0 spiro atoms. The van der Waals surface area contributed by atoms with E-state index in [0.717, 1.165) is 37.0 Å². The Morgan fingerprint density at radius 1 is 1.09 bits per heavy atom. The first-order valence-corrected chi connectivity index (χ1v) is 13.0. The number of rotatable bonds is 3. The predicted molar refractivity (Wildman–Crippen MR) is 136 cm³/mol. The van der Waals surface area contributed by atoms with E-state index in [1.54, 1.807) is 14.0 Å². The normalized spacial score (nSPS) is 27.8. The number of nitrogens with zero attached hydrogens (tertiary/aromatic N) is 1. The van der Waals surface area contributed by atoms with Gasteiger partial charge in [-0.3, -0.25) is 14.4 Å². The van der Waals surface area contributed by atoms with E-state index in [1.165, 1.54) is 4.90 Å². The molecule has 0 radical (unpaired) electrons. The number of amides is 3. The molecule has 194 valence electrons. The number of likely N-dealkylation sites (N-methyl/N-ethyl adjacent to an activating group) is 1. The van der Waals surface area contributed by atoms with E-state index < -0.39 is 12.1 Å². The van der Waals surface area contributed by atoms with Crippen LogP contribution in [0.4, 0.5) is 0 Å². The minimum absolute atomic E-state index is 0.103. The van der Waals surface area contributed by atoms with E-state index in [0.29, 0.717) is 19.5 Å². The minimum atomic E-state index is -0.688. The summed E-state index contributed by atoms with van der Waals surface area (Å²) in [7, 11) is 1.66. The molecule has 2 aliphatic rings. The molecule has 1 heterocycles. The van der Waals surface area contributed by atoms with Crippen LogP contribution in [0.5, 0.6) is 5.75 Å². The van der Waals surface area contributed by atoms with Gasteiger partial charge in [-0.1, -0.05) is 32.0 Å². The first kappa shape index (κ1) is 27.0. The molecule has 1 aliphatic carbocycles. The van der Waals surface area contributed by atoms with Gasteiger partial charge in [0.05, 0.1) is 6.04 Å². The van der Waals surface area contributed by atoms with Crippen LogP contribution in [0.3, 0.4) is 0 Å². The molecule has 4 atom stereocenters. The molecule has 0 unspecified atom stereocenters. The summed E-state index contributed by atoms with van der Waals surface area (Å²) in [6.07, 6.45) is 3.91. The number of para-hydroxylation sites is 1. The third-order valence-corrected chi connectivity index (χ3v) is 6.86. The van der Waals surface area contributed by atoms with Gasteiger partial charge < -0.3 is 25.6 Å². The molecule has 3 rings (SSSR count). The summed E-state index contributed by atoms with van der Waals surface area (Å²) in [6, 6.07) is 6.28. The van der Waals surface area contributed by atoms with Gasteiger partial charge in [0.2, 0.25) is 17.7 Å². The number of nitrogens with one attached hydrogen (secondary N) is 3. The van der Waals surface area contributed by atoms with E-state index in [-0.39, 0.29) is 41.7 Å². The first-order chi connectivity index (χ1) is 16.7. The van der Waals surface area contributed by atoms with Crippen molar-refractivity contribution in [3.8, 4) is 5.75 Å². The summed E-state index contributed by atoms with van der Waals surface area (Å²) < 4.78 is 6.23. The van der Waals surface area contributed by atoms with Gasteiger partial charge in [0.15, 0.2) is 0 Å². The molecule has 3 amide bonds. The molecule has 35 heavy (non-hydrogen) atoms. The Morgan fingerprint density at radius 3 is 2.49 bits per heavy atom. The second kappa shape index (κ2) is 12.4. The van der Waals surface area contributed by atoms with E-state index in [2.05, 4.69) is 16.0 Å². The van der Waals surface area contributed by atoms with Crippen molar-refractivity contribution in [1.82, 2.24) is 20.9 Å². The van der Waals surface area contributed by atoms with Crippen molar-refractivity contribution in [2.75, 3.05) is 20.1 Å². The fourth-order valence-electron chi connectivity index (χ4n) is 4.46. The van der Waals surface area contributed by atoms with E-state index >= 15 is 0 Å². The summed E-state index contributed by atoms with van der Waals surface area (Å²) in [5.41, 5.74) is 1.09. The molecule has 0 aromatic heterocycles. The van der Waals surface area contributed by atoms with E-state index in [1.807, 2.05) is 45.0 Å². The number of benzene rings is 1. The molecule has 8 heteroatoms. The van der Waals surface area contributed by atoms with Crippen molar-refractivity contribution in [2.24, 2.45) is 11.8 Å². The van der Waals surface area contributed by atoms with Gasteiger partial charge in [0.25, 0.3) is 0 Å². The van der Waals surface area contributed by atoms with Crippen molar-refractivity contribution in [1.29, 1.82) is 0 Å². The summed E-state index contributed by atoms with van der Waals surface area (Å²) >= 11 is 0. The van der Waals surface area contributed by atoms with Crippen LogP contribution in [0.15, 0.2) is 24.3 Å². The summed E-state index contributed by atoms with van der Waals surface area (Å²) in [6.45, 7) is 8.78. The smallest absolute Gasteiger partial charge is 0.243 e. The number of hydrogen-bond donors (Lipinski definition) is 3. The van der Waals surface area contributed by atoms with E-state index in [9.17, 15) is 14.4 Å². The zero-order chi connectivity index (χ0) is 25.5. The predicted octanol–water partition coefficient (Wildman–Crippen LogP) is 2.26. The Kier molecular flexibility index (Phi) is 9.55. The van der Waals surface area contributed by atoms with Gasteiger partial charge in [-0.25, -0.2) is 0 Å². The maximum Gasteiger partial charge on any atom is 0.243 e. The maximum absolute atomic E-state index is 13.4. The average molecular weight is 487 g/mol. The lowest BCUT2D eigenvalue weighted by molar-refractivity contribution is -0.141. The minimum Gasteiger partial charge on any atom is -0.489 e. The molecule has 0 bridgehead atoms. The molecule has 1 saturated carbocycles. The van der Waals surface area contributed by atoms with Crippen molar-refractivity contribution in [3.63, 3.8) is 0 Å². The summed E-state index contributed by atoms with van der Waals surface area (Å²) in [4.78, 5) is 40.9. The first-order valence-electron chi connectivity index (χ1n) is 13.0. The van der Waals surface area contributed by atoms with Gasteiger partial charge in [-0.05, 0) is 69.4 Å². The fraction of sp³-hybridized carbons (Fsp3) is 0.667. The van der Waals surface area contributed by atoms with Gasteiger partial charge in [-0.2, -0.15) is 0 Å². The summed E-state index contributed by atoms with van der Waals surface area (Å²) in [5, 5.41) is 9.29. The number of carbonyl (C=O) groups excluding carboxylic acids is 3. The molecule has 1 aliphatic heterocycles. The summed E-state index contributed by atoms with van der Waals surface area (Å²) in [5.74, 6) is 0.721. The van der Waals surface area contributed by atoms with Crippen molar-refractivity contribution >= 4 is 17.7 Å². The highest BCUT2D eigenvalue weighted by Crippen LogP contribution is 2.33. The van der Waals surface area contributed by atoms with Crippen LogP contribution in [0, 0.1) is 11.8 Å². The number of hydrogen-bond acceptors (Lipinski definition) is 5. The number of aryl methyl sites for hydroxylation is 1. The third kappa shape index (κ3) is 7.69. The Balaban J connectivity index is 1.82. The maximum atomic E-state index is 13.4. The second-order valence-electron chi connectivity index (χ2n) is 10.5. The van der Waals surface area contributed by atoms with Crippen LogP contribution in [-0.4, -0.2) is 67.0 Å². The van der Waals surface area contributed by atoms with Crippen molar-refractivity contribution in [2.45, 2.75) is 84.0 Å². The molecule has 1 fully saturated rings. The third-order valence-electron chi connectivity index (χ3n) is 6.86. The standard InChI is InChI=1S/C27H42N4O4/c1-17(2)15-22-26(33)28-14-8-10-20-9-6-7-11-23(20)35-18(3)16-29-24(21-12-13-21)27(34)31(5)19(4)25(32)30-22/h6-7,9,11,17-19,21-22,24,29H,8,10,12-16H2,1-5H3,(H,28,33)(H,30,32)/t18-,19-,22-,24+/m1/s1. The average Bonchev–Trinajstić information content (AvgIpc) is 3.65. The van der Waals surface area contributed by atoms with Crippen LogP contribution < -0.4 is 20.7 Å². The van der Waals surface area contributed by atoms with Gasteiger partial charge >= 0.3 is 0 Å². The van der Waals surface area contributed by atoms with Gasteiger partial charge in [-0.15, -0.1) is 0 Å². The number of ether oxygens (including phenoxy) is 1. The SMILES string of the molecule is CC(C)C[C@H]1NC(=O)[C@@H](C)N(C)C(=O)[C@H](C2CC2)NC[C@@H](C)Oc2ccccc2CCCNC1=O. The molecule has 1 aromatic carbocycles. The Bertz CT molecular complexity index is 886. The topological polar surface area (TPSA) is 99.8 Å². The molecule has 0 saturated heterocycles. The molecular formula is C27H42N4O4. The van der Waals surface area contributed by atoms with Crippen LogP contribution in [0.1, 0.15) is 58.9 Å². The fourth-order valence-corrected chi connectivity index (χ4v) is 4.46. The Morgan fingerprint density at radius 2 is 1.80 bits per heavy atom. The highest BCUT2D eigenvalue weighted by molar-refractivity contribution is 5.93. The van der Waals surface area contributed by atoms with Crippen LogP contribution in [-0.2, 0) is 20.8 Å². The zero-order valence-electron chi connectivity index (χ0n) is 21.8. The van der Waals surface area contributed by atoms with Crippen molar-refractivity contribution < 1.29 is 19.1 Å². The lowest BCUT2D eigenvalue weighted by Crippen LogP contribution is -2.56. The zero-order valence-corrected chi connectivity index (χ0v) is 21.8. The van der Waals surface area contributed by atoms with Gasteiger partial charge in [0, 0.05) is 20.1 Å². The second-order valence-corrected chi connectivity index (χ2v) is 10.5. The van der Waals surface area contributed by atoms with Gasteiger partial charge in [0.1, 0.15) is 23.9 Å². The monoisotopic (exact) mass is 486 g/mol. The highest BCUT2D eigenvalue weighted by Gasteiger charge is 2.39. The molecular weight excluding hydrogens is 444 g/mol. The number of carbonyl (C=O) groups is 3. The largest absolute Gasteiger partial charge is 0.489 e. The quantitative estimate of drug-likeness (QED) is 0.609. The molecule has 8 nitrogen and oxygen atoms in total. The lowest BCUT2D eigenvalue weighted by atomic mass is 10.0. The van der Waals surface area contributed by atoms with Crippen molar-refractivity contribution in [3.05, 3.63) is 29.8 Å². The lowest BCUT2D eigenvalue weighted by Gasteiger charge is -2.31. The highest BCUT2D eigenvalue weighted by atomic mass is 16.5. The Labute approximate surface area is 209 Å². The van der Waals surface area contributed by atoms with Crippen LogP contribution in [0.25, 0.3) is 0 Å².